The van der Waals surface area contributed by atoms with Crippen LogP contribution in [0.1, 0.15) is 35.0 Å². The number of sulfone groups is 1. The number of ether oxygens (including phenoxy) is 2. The second kappa shape index (κ2) is 7.90. The lowest BCUT2D eigenvalue weighted by Gasteiger charge is -2.18. The number of thioether (sulfide) groups is 1. The van der Waals surface area contributed by atoms with Gasteiger partial charge in [0.15, 0.2) is 26.5 Å². The number of nitrogens with one attached hydrogen (secondary N) is 1. The van der Waals surface area contributed by atoms with Crippen LogP contribution in [0.2, 0.25) is 0 Å². The maximum absolute atomic E-state index is 11.9. The van der Waals surface area contributed by atoms with Gasteiger partial charge in [0.2, 0.25) is 6.79 Å². The van der Waals surface area contributed by atoms with Crippen molar-refractivity contribution in [3.63, 3.8) is 0 Å². The zero-order chi connectivity index (χ0) is 21.6. The summed E-state index contributed by atoms with van der Waals surface area (Å²) in [5.74, 6) is 2.72. The van der Waals surface area contributed by atoms with Crippen molar-refractivity contribution in [2.24, 2.45) is 10.1 Å². The van der Waals surface area contributed by atoms with Gasteiger partial charge in [-0.1, -0.05) is 17.8 Å². The fourth-order valence-electron chi connectivity index (χ4n) is 4.35. The quantitative estimate of drug-likeness (QED) is 0.754. The molecule has 0 amide bonds. The number of aryl methyl sites for hydroxylation is 1. The van der Waals surface area contributed by atoms with Crippen LogP contribution in [0.4, 0.5) is 0 Å². The van der Waals surface area contributed by atoms with Crippen LogP contribution in [0.15, 0.2) is 34.4 Å². The lowest BCUT2D eigenvalue weighted by Crippen LogP contribution is -2.26. The van der Waals surface area contributed by atoms with Crippen molar-refractivity contribution >= 4 is 32.5 Å². The van der Waals surface area contributed by atoms with Crippen LogP contribution in [0.25, 0.3) is 0 Å². The number of benzene rings is 1. The van der Waals surface area contributed by atoms with E-state index in [1.807, 2.05) is 32.0 Å². The molecule has 0 spiro atoms. The van der Waals surface area contributed by atoms with E-state index >= 15 is 0 Å². The standard InChI is InChI=1S/C21H24N4O4S2/c1-13-7-17(14(2)25(13)16-5-6-31(26,27)11-16)18-10-30-21(24-23-18)22-9-15-3-4-19-20(8-15)29-12-28-19/h3-4,7-8,16H,5-6,9-12H2,1-2H3,(H,22,24). The Labute approximate surface area is 185 Å². The number of aromatic nitrogens is 1. The number of hydrogen-bond donors (Lipinski definition) is 1. The summed E-state index contributed by atoms with van der Waals surface area (Å²) in [5.41, 5.74) is 8.28. The summed E-state index contributed by atoms with van der Waals surface area (Å²) in [4.78, 5) is 4.62. The average molecular weight is 461 g/mol. The van der Waals surface area contributed by atoms with E-state index in [1.165, 1.54) is 0 Å². The lowest BCUT2D eigenvalue weighted by molar-refractivity contribution is 0.174. The van der Waals surface area contributed by atoms with E-state index in [0.29, 0.717) is 18.7 Å². The van der Waals surface area contributed by atoms with Crippen LogP contribution >= 0.6 is 11.8 Å². The second-order valence-electron chi connectivity index (χ2n) is 7.98. The normalized spacial score (nSPS) is 23.1. The molecular weight excluding hydrogens is 436 g/mol. The van der Waals surface area contributed by atoms with Crippen molar-refractivity contribution in [1.82, 2.24) is 9.99 Å². The van der Waals surface area contributed by atoms with Crippen LogP contribution in [0, 0.1) is 13.8 Å². The van der Waals surface area contributed by atoms with Gasteiger partial charge in [-0.2, -0.15) is 5.10 Å². The molecule has 4 heterocycles. The molecule has 8 nitrogen and oxygen atoms in total. The average Bonchev–Trinajstić information content (AvgIpc) is 3.43. The van der Waals surface area contributed by atoms with Gasteiger partial charge in [0.1, 0.15) is 0 Å². The van der Waals surface area contributed by atoms with Gasteiger partial charge in [-0.3, -0.25) is 10.4 Å². The van der Waals surface area contributed by atoms with Gasteiger partial charge in [0, 0.05) is 28.7 Å². The molecule has 0 saturated carbocycles. The highest BCUT2D eigenvalue weighted by molar-refractivity contribution is 8.14. The number of rotatable bonds is 4. The van der Waals surface area contributed by atoms with E-state index in [4.69, 9.17) is 9.47 Å². The van der Waals surface area contributed by atoms with E-state index in [0.717, 1.165) is 44.9 Å². The smallest absolute Gasteiger partial charge is 0.231 e. The monoisotopic (exact) mass is 460 g/mol. The first-order valence-corrected chi connectivity index (χ1v) is 13.0. The van der Waals surface area contributed by atoms with Gasteiger partial charge in [-0.25, -0.2) is 8.42 Å². The summed E-state index contributed by atoms with van der Waals surface area (Å²) in [6, 6.07) is 7.96. The topological polar surface area (TPSA) is 94.3 Å². The molecule has 1 aromatic carbocycles. The molecule has 1 aromatic heterocycles. The third-order valence-electron chi connectivity index (χ3n) is 5.84. The molecule has 1 fully saturated rings. The molecule has 1 N–H and O–H groups in total. The number of nitrogens with zero attached hydrogens (tertiary/aromatic N) is 3. The van der Waals surface area contributed by atoms with E-state index in [2.05, 4.69) is 26.2 Å². The maximum Gasteiger partial charge on any atom is 0.231 e. The Morgan fingerprint density at radius 3 is 2.84 bits per heavy atom. The minimum atomic E-state index is -2.93. The number of aliphatic imine (C=N–C) groups is 1. The molecule has 10 heteroatoms. The fraction of sp³-hybridized carbons (Fsp3) is 0.429. The van der Waals surface area contributed by atoms with Crippen LogP contribution in [-0.2, 0) is 16.4 Å². The predicted octanol–water partition coefficient (Wildman–Crippen LogP) is 2.79. The highest BCUT2D eigenvalue weighted by Crippen LogP contribution is 2.33. The molecule has 0 bridgehead atoms. The lowest BCUT2D eigenvalue weighted by atomic mass is 10.1. The molecular formula is C21H24N4O4S2. The van der Waals surface area contributed by atoms with E-state index < -0.39 is 9.84 Å². The number of amidine groups is 1. The highest BCUT2D eigenvalue weighted by atomic mass is 32.2. The summed E-state index contributed by atoms with van der Waals surface area (Å²) in [6.07, 6.45) is 0.675. The molecule has 1 unspecified atom stereocenters. The minimum absolute atomic E-state index is 0.0161. The van der Waals surface area contributed by atoms with Crippen molar-refractivity contribution in [1.29, 1.82) is 0 Å². The van der Waals surface area contributed by atoms with Gasteiger partial charge < -0.3 is 14.0 Å². The van der Waals surface area contributed by atoms with Gasteiger partial charge in [0.05, 0.1) is 23.8 Å². The first-order chi connectivity index (χ1) is 14.9. The zero-order valence-electron chi connectivity index (χ0n) is 17.4. The van der Waals surface area contributed by atoms with Crippen molar-refractivity contribution in [3.8, 4) is 11.5 Å². The van der Waals surface area contributed by atoms with Crippen molar-refractivity contribution in [3.05, 3.63) is 46.8 Å². The first-order valence-electron chi connectivity index (χ1n) is 10.2. The third-order valence-corrected chi connectivity index (χ3v) is 8.51. The second-order valence-corrected chi connectivity index (χ2v) is 11.2. The van der Waals surface area contributed by atoms with Crippen LogP contribution in [0.5, 0.6) is 11.5 Å². The van der Waals surface area contributed by atoms with Gasteiger partial charge >= 0.3 is 0 Å². The molecule has 1 saturated heterocycles. The molecule has 1 atom stereocenters. The number of fused-ring (bicyclic) bond motifs is 1. The molecule has 164 valence electrons. The SMILES string of the molecule is Cc1cc(C2=NNC(=NCc3ccc4c(c3)OCO4)SC2)c(C)n1C1CCS(=O)(=O)C1. The van der Waals surface area contributed by atoms with Crippen LogP contribution in [-0.4, -0.2) is 47.9 Å². The van der Waals surface area contributed by atoms with Gasteiger partial charge in [-0.15, -0.1) is 0 Å². The van der Waals surface area contributed by atoms with Crippen molar-refractivity contribution in [2.45, 2.75) is 32.9 Å². The molecule has 0 radical (unpaired) electrons. The summed E-state index contributed by atoms with van der Waals surface area (Å²) < 4.78 is 36.8. The number of hydrazone groups is 1. The largest absolute Gasteiger partial charge is 0.454 e. The van der Waals surface area contributed by atoms with Crippen molar-refractivity contribution in [2.75, 3.05) is 24.1 Å². The summed E-state index contributed by atoms with van der Waals surface area (Å²) in [6.45, 7) is 4.87. The van der Waals surface area contributed by atoms with E-state index in [1.54, 1.807) is 11.8 Å². The number of hydrogen-bond acceptors (Lipinski definition) is 7. The Morgan fingerprint density at radius 1 is 1.26 bits per heavy atom. The van der Waals surface area contributed by atoms with E-state index in [9.17, 15) is 8.42 Å². The Kier molecular flexibility index (Phi) is 5.21. The molecule has 5 rings (SSSR count). The Bertz CT molecular complexity index is 1200. The van der Waals surface area contributed by atoms with Gasteiger partial charge in [-0.05, 0) is 44.0 Å². The molecule has 0 aliphatic carbocycles. The van der Waals surface area contributed by atoms with E-state index in [-0.39, 0.29) is 24.3 Å². The minimum Gasteiger partial charge on any atom is -0.454 e. The summed E-state index contributed by atoms with van der Waals surface area (Å²) in [7, 11) is -2.93. The zero-order valence-corrected chi connectivity index (χ0v) is 19.1. The summed E-state index contributed by atoms with van der Waals surface area (Å²) >= 11 is 1.61. The van der Waals surface area contributed by atoms with Crippen LogP contribution < -0.4 is 14.9 Å². The summed E-state index contributed by atoms with van der Waals surface area (Å²) in [5, 5.41) is 5.34. The van der Waals surface area contributed by atoms with Crippen molar-refractivity contribution < 1.29 is 17.9 Å². The molecule has 31 heavy (non-hydrogen) atoms. The Morgan fingerprint density at radius 2 is 2.10 bits per heavy atom. The third kappa shape index (κ3) is 4.06. The van der Waals surface area contributed by atoms with Gasteiger partial charge in [0.25, 0.3) is 0 Å². The molecule has 3 aliphatic heterocycles. The molecule has 3 aliphatic rings. The predicted molar refractivity (Wildman–Crippen MR) is 122 cm³/mol. The highest BCUT2D eigenvalue weighted by Gasteiger charge is 2.31. The first kappa shape index (κ1) is 20.4. The molecule has 2 aromatic rings. The Balaban J connectivity index is 1.29. The van der Waals surface area contributed by atoms with Crippen LogP contribution in [0.3, 0.4) is 0 Å². The maximum atomic E-state index is 11.9. The fourth-order valence-corrected chi connectivity index (χ4v) is 6.81. The Hall–Kier alpha value is -2.46.